The maximum atomic E-state index is 13.3. The highest BCUT2D eigenvalue weighted by atomic mass is 35.5. The summed E-state index contributed by atoms with van der Waals surface area (Å²) < 4.78 is 11.4. The SMILES string of the molecule is COc1ccc(COC(=O)c2ccc3nc(N(C(=O)c4[nH]c(C)c(Cl)c4Cl)C(C)C)sc3c2)cc1. The highest BCUT2D eigenvalue weighted by molar-refractivity contribution is 7.22. The number of aryl methyl sites for hydroxylation is 1. The minimum absolute atomic E-state index is 0.142. The topological polar surface area (TPSA) is 84.5 Å². The van der Waals surface area contributed by atoms with Gasteiger partial charge >= 0.3 is 5.97 Å². The van der Waals surface area contributed by atoms with E-state index in [1.807, 2.05) is 38.1 Å². The number of anilines is 1. The lowest BCUT2D eigenvalue weighted by molar-refractivity contribution is 0.0473. The van der Waals surface area contributed by atoms with Crippen LogP contribution in [0, 0.1) is 6.92 Å². The number of rotatable bonds is 7. The van der Waals surface area contributed by atoms with E-state index in [4.69, 9.17) is 32.7 Å². The van der Waals surface area contributed by atoms with E-state index in [0.717, 1.165) is 16.0 Å². The average molecular weight is 532 g/mol. The summed E-state index contributed by atoms with van der Waals surface area (Å²) in [6, 6.07) is 12.2. The fourth-order valence-corrected chi connectivity index (χ4v) is 5.03. The van der Waals surface area contributed by atoms with Gasteiger partial charge in [0.15, 0.2) is 5.13 Å². The minimum atomic E-state index is -0.447. The number of carbonyl (C=O) groups is 2. The first kappa shape index (κ1) is 25.0. The number of carbonyl (C=O) groups excluding carboxylic acids is 2. The summed E-state index contributed by atoms with van der Waals surface area (Å²) in [4.78, 5) is 35.1. The molecule has 0 spiro atoms. The molecule has 2 heterocycles. The van der Waals surface area contributed by atoms with E-state index < -0.39 is 5.97 Å². The summed E-state index contributed by atoms with van der Waals surface area (Å²) in [6.45, 7) is 5.66. The van der Waals surface area contributed by atoms with Gasteiger partial charge in [0.1, 0.15) is 18.1 Å². The third kappa shape index (κ3) is 5.15. The van der Waals surface area contributed by atoms with Crippen molar-refractivity contribution in [3.8, 4) is 5.75 Å². The summed E-state index contributed by atoms with van der Waals surface area (Å²) in [6.07, 6.45) is 0. The van der Waals surface area contributed by atoms with E-state index in [1.165, 1.54) is 11.3 Å². The molecule has 0 aliphatic carbocycles. The molecule has 7 nitrogen and oxygen atoms in total. The first-order valence-corrected chi connectivity index (χ1v) is 12.3. The number of hydrogen-bond donors (Lipinski definition) is 1. The van der Waals surface area contributed by atoms with E-state index in [2.05, 4.69) is 9.97 Å². The Balaban J connectivity index is 1.56. The van der Waals surface area contributed by atoms with Gasteiger partial charge in [-0.05, 0) is 56.7 Å². The van der Waals surface area contributed by atoms with E-state index in [0.29, 0.717) is 26.9 Å². The van der Waals surface area contributed by atoms with Gasteiger partial charge < -0.3 is 14.5 Å². The summed E-state index contributed by atoms with van der Waals surface area (Å²) in [5.74, 6) is -0.0480. The van der Waals surface area contributed by atoms with Crippen LogP contribution in [0.1, 0.15) is 46.0 Å². The van der Waals surface area contributed by atoms with Crippen molar-refractivity contribution in [3.05, 3.63) is 75.0 Å². The average Bonchev–Trinajstić information content (AvgIpc) is 3.37. The number of thiazole rings is 1. The van der Waals surface area contributed by atoms with Crippen LogP contribution in [0.3, 0.4) is 0 Å². The molecule has 0 atom stereocenters. The lowest BCUT2D eigenvalue weighted by Crippen LogP contribution is -2.37. The second kappa shape index (κ2) is 10.3. The number of halogens is 2. The maximum absolute atomic E-state index is 13.3. The number of methoxy groups -OCH3 is 1. The molecule has 0 saturated heterocycles. The predicted octanol–water partition coefficient (Wildman–Crippen LogP) is 6.66. The zero-order valence-corrected chi connectivity index (χ0v) is 21.8. The highest BCUT2D eigenvalue weighted by Crippen LogP contribution is 2.35. The Morgan fingerprint density at radius 1 is 1.11 bits per heavy atom. The number of ether oxygens (including phenoxy) is 2. The normalized spacial score (nSPS) is 11.2. The van der Waals surface area contributed by atoms with E-state index in [1.54, 1.807) is 37.1 Å². The summed E-state index contributed by atoms with van der Waals surface area (Å²) >= 11 is 13.8. The molecule has 0 aliphatic heterocycles. The number of H-pyrrole nitrogens is 1. The Hall–Kier alpha value is -3.07. The smallest absolute Gasteiger partial charge is 0.338 e. The van der Waals surface area contributed by atoms with Gasteiger partial charge in [-0.2, -0.15) is 0 Å². The number of hydrogen-bond acceptors (Lipinski definition) is 6. The molecule has 2 aromatic heterocycles. The van der Waals surface area contributed by atoms with Crippen molar-refractivity contribution in [1.29, 1.82) is 0 Å². The van der Waals surface area contributed by atoms with Gasteiger partial charge in [-0.3, -0.25) is 9.69 Å². The van der Waals surface area contributed by atoms with Crippen LogP contribution in [-0.2, 0) is 11.3 Å². The fourth-order valence-electron chi connectivity index (χ4n) is 3.48. The van der Waals surface area contributed by atoms with E-state index >= 15 is 0 Å². The van der Waals surface area contributed by atoms with Gasteiger partial charge in [-0.1, -0.05) is 46.7 Å². The van der Waals surface area contributed by atoms with Gasteiger partial charge in [0.05, 0.1) is 32.9 Å². The number of benzene rings is 2. The van der Waals surface area contributed by atoms with Crippen molar-refractivity contribution in [2.45, 2.75) is 33.4 Å². The Kier molecular flexibility index (Phi) is 7.35. The van der Waals surface area contributed by atoms with Crippen LogP contribution >= 0.6 is 34.5 Å². The molecule has 182 valence electrons. The number of aromatic amines is 1. The summed E-state index contributed by atoms with van der Waals surface area (Å²) in [5.41, 5.74) is 2.75. The molecule has 0 unspecified atom stereocenters. The van der Waals surface area contributed by atoms with Crippen molar-refractivity contribution < 1.29 is 19.1 Å². The summed E-state index contributed by atoms with van der Waals surface area (Å²) in [5, 5.41) is 0.992. The first-order chi connectivity index (χ1) is 16.7. The van der Waals surface area contributed by atoms with E-state index in [-0.39, 0.29) is 29.3 Å². The number of esters is 1. The van der Waals surface area contributed by atoms with Gasteiger partial charge in [-0.15, -0.1) is 0 Å². The summed E-state index contributed by atoms with van der Waals surface area (Å²) in [7, 11) is 1.60. The number of aromatic nitrogens is 2. The number of amides is 1. The second-order valence-corrected chi connectivity index (χ2v) is 9.89. The lowest BCUT2D eigenvalue weighted by Gasteiger charge is -2.23. The number of nitrogens with zero attached hydrogens (tertiary/aromatic N) is 2. The van der Waals surface area contributed by atoms with Gasteiger partial charge in [-0.25, -0.2) is 9.78 Å². The molecule has 0 fully saturated rings. The Morgan fingerprint density at radius 2 is 1.83 bits per heavy atom. The molecule has 2 aromatic carbocycles. The van der Waals surface area contributed by atoms with Crippen LogP contribution in [0.25, 0.3) is 10.2 Å². The molecule has 1 N–H and O–H groups in total. The maximum Gasteiger partial charge on any atom is 0.338 e. The molecule has 0 aliphatic rings. The Labute approximate surface area is 216 Å². The Bertz CT molecular complexity index is 1400. The van der Waals surface area contributed by atoms with Crippen LogP contribution in [-0.4, -0.2) is 35.0 Å². The van der Waals surface area contributed by atoms with E-state index in [9.17, 15) is 9.59 Å². The van der Waals surface area contributed by atoms with Crippen molar-refractivity contribution in [2.24, 2.45) is 0 Å². The molecule has 1 amide bonds. The van der Waals surface area contributed by atoms with Gasteiger partial charge in [0.25, 0.3) is 5.91 Å². The van der Waals surface area contributed by atoms with Gasteiger partial charge in [0.2, 0.25) is 0 Å². The van der Waals surface area contributed by atoms with Crippen LogP contribution in [0.5, 0.6) is 5.75 Å². The van der Waals surface area contributed by atoms with Crippen LogP contribution < -0.4 is 9.64 Å². The number of nitrogens with one attached hydrogen (secondary N) is 1. The molecule has 0 radical (unpaired) electrons. The van der Waals surface area contributed by atoms with Crippen LogP contribution in [0.2, 0.25) is 10.0 Å². The Morgan fingerprint density at radius 3 is 2.43 bits per heavy atom. The third-order valence-electron chi connectivity index (χ3n) is 5.35. The molecule has 4 rings (SSSR count). The predicted molar refractivity (Wildman–Crippen MR) is 139 cm³/mol. The molecular formula is C25H23Cl2N3O4S. The quantitative estimate of drug-likeness (QED) is 0.269. The van der Waals surface area contributed by atoms with Crippen LogP contribution in [0.15, 0.2) is 42.5 Å². The standard InChI is InChI=1S/C25H23Cl2N3O4S/c1-13(2)30(23(31)22-21(27)20(26)14(3)28-22)25-29-18-10-7-16(11-19(18)35-25)24(32)34-12-15-5-8-17(33-4)9-6-15/h5-11,13,28H,12H2,1-4H3. The van der Waals surface area contributed by atoms with Crippen molar-refractivity contribution in [1.82, 2.24) is 9.97 Å². The number of fused-ring (bicyclic) bond motifs is 1. The largest absolute Gasteiger partial charge is 0.497 e. The van der Waals surface area contributed by atoms with Crippen LogP contribution in [0.4, 0.5) is 5.13 Å². The molecule has 10 heteroatoms. The highest BCUT2D eigenvalue weighted by Gasteiger charge is 2.28. The van der Waals surface area contributed by atoms with Crippen molar-refractivity contribution in [2.75, 3.05) is 12.0 Å². The second-order valence-electron chi connectivity index (χ2n) is 8.13. The monoisotopic (exact) mass is 531 g/mol. The van der Waals surface area contributed by atoms with Crippen molar-refractivity contribution >= 4 is 61.8 Å². The molecule has 4 aromatic rings. The molecular weight excluding hydrogens is 509 g/mol. The first-order valence-electron chi connectivity index (χ1n) is 10.8. The van der Waals surface area contributed by atoms with Crippen molar-refractivity contribution in [3.63, 3.8) is 0 Å². The zero-order valence-electron chi connectivity index (χ0n) is 19.5. The zero-order chi connectivity index (χ0) is 25.3. The third-order valence-corrected chi connectivity index (χ3v) is 7.32. The molecule has 0 saturated carbocycles. The van der Waals surface area contributed by atoms with Gasteiger partial charge in [0, 0.05) is 11.7 Å². The molecule has 0 bridgehead atoms. The minimum Gasteiger partial charge on any atom is -0.497 e. The lowest BCUT2D eigenvalue weighted by atomic mass is 10.2. The molecule has 35 heavy (non-hydrogen) atoms. The fraction of sp³-hybridized carbons (Fsp3) is 0.240.